The Balaban J connectivity index is 2.18. The van der Waals surface area contributed by atoms with Gasteiger partial charge in [-0.25, -0.2) is 4.98 Å². The van der Waals surface area contributed by atoms with E-state index in [0.29, 0.717) is 10.7 Å². The van der Waals surface area contributed by atoms with Gasteiger partial charge < -0.3 is 10.0 Å². The molecule has 1 aromatic heterocycles. The number of likely N-dealkylation sites (N-methyl/N-ethyl adjacent to an activating group) is 1. The molecule has 2 rings (SSSR count). The van der Waals surface area contributed by atoms with E-state index in [0.717, 1.165) is 44.2 Å². The number of aromatic nitrogens is 1. The highest BCUT2D eigenvalue weighted by Crippen LogP contribution is 2.24. The second kappa shape index (κ2) is 7.23. The first-order chi connectivity index (χ1) is 10.0. The van der Waals surface area contributed by atoms with Crippen molar-refractivity contribution in [1.29, 1.82) is 0 Å². The number of hydrogen-bond donors (Lipinski definition) is 1. The van der Waals surface area contributed by atoms with E-state index in [9.17, 15) is 9.90 Å². The predicted octanol–water partition coefficient (Wildman–Crippen LogP) is 3.06. The highest BCUT2D eigenvalue weighted by atomic mass is 35.5. The van der Waals surface area contributed by atoms with E-state index in [2.05, 4.69) is 11.9 Å². The normalized spacial score (nSPS) is 22.1. The molecule has 0 radical (unpaired) electrons. The molecule has 0 saturated heterocycles. The first kappa shape index (κ1) is 16.2. The van der Waals surface area contributed by atoms with Crippen molar-refractivity contribution in [2.45, 2.75) is 57.6 Å². The van der Waals surface area contributed by atoms with Crippen molar-refractivity contribution in [3.05, 3.63) is 28.5 Å². The number of hydrogen-bond acceptors (Lipinski definition) is 3. The molecule has 1 aliphatic carbocycles. The number of carbonyl (C=O) groups excluding carboxylic acids is 1. The lowest BCUT2D eigenvalue weighted by atomic mass is 9.91. The van der Waals surface area contributed by atoms with Gasteiger partial charge in [-0.3, -0.25) is 4.79 Å². The Hall–Kier alpha value is -1.13. The van der Waals surface area contributed by atoms with Crippen molar-refractivity contribution < 1.29 is 9.90 Å². The number of rotatable bonds is 4. The fourth-order valence-electron chi connectivity index (χ4n) is 2.96. The Morgan fingerprint density at radius 2 is 2.14 bits per heavy atom. The van der Waals surface area contributed by atoms with E-state index in [1.54, 1.807) is 18.0 Å². The fourth-order valence-corrected chi connectivity index (χ4v) is 3.18. The van der Waals surface area contributed by atoms with Crippen LogP contribution in [0, 0.1) is 0 Å². The van der Waals surface area contributed by atoms with Gasteiger partial charge in [0, 0.05) is 18.3 Å². The van der Waals surface area contributed by atoms with Crippen LogP contribution in [0.3, 0.4) is 0 Å². The van der Waals surface area contributed by atoms with Crippen LogP contribution in [-0.2, 0) is 6.42 Å². The number of pyridine rings is 1. The predicted molar refractivity (Wildman–Crippen MR) is 83.6 cm³/mol. The molecule has 1 amide bonds. The van der Waals surface area contributed by atoms with E-state index >= 15 is 0 Å². The van der Waals surface area contributed by atoms with E-state index < -0.39 is 6.10 Å². The van der Waals surface area contributed by atoms with Crippen molar-refractivity contribution in [3.8, 4) is 0 Å². The summed E-state index contributed by atoms with van der Waals surface area (Å²) in [7, 11) is 1.76. The largest absolute Gasteiger partial charge is 0.391 e. The topological polar surface area (TPSA) is 53.4 Å². The van der Waals surface area contributed by atoms with E-state index in [1.165, 1.54) is 0 Å². The molecular formula is C16H23ClN2O2. The second-order valence-corrected chi connectivity index (χ2v) is 6.14. The number of nitrogens with zero attached hydrogens (tertiary/aromatic N) is 2. The minimum atomic E-state index is -0.430. The second-order valence-electron chi connectivity index (χ2n) is 5.76. The summed E-state index contributed by atoms with van der Waals surface area (Å²) in [4.78, 5) is 18.5. The van der Waals surface area contributed by atoms with Gasteiger partial charge in [0.1, 0.15) is 5.15 Å². The molecule has 21 heavy (non-hydrogen) atoms. The Bertz CT molecular complexity index is 507. The summed E-state index contributed by atoms with van der Waals surface area (Å²) < 4.78 is 0. The van der Waals surface area contributed by atoms with Gasteiger partial charge in [-0.15, -0.1) is 0 Å². The molecule has 0 bridgehead atoms. The van der Waals surface area contributed by atoms with Gasteiger partial charge in [0.15, 0.2) is 0 Å². The SMILES string of the molecule is CCCc1cc(C(=O)N(C)C2CCCCC2O)cc(Cl)n1. The molecule has 0 spiro atoms. The number of aliphatic hydroxyl groups is 1. The van der Waals surface area contributed by atoms with Crippen molar-refractivity contribution in [2.24, 2.45) is 0 Å². The zero-order chi connectivity index (χ0) is 15.4. The summed E-state index contributed by atoms with van der Waals surface area (Å²) in [6, 6.07) is 3.31. The molecule has 4 nitrogen and oxygen atoms in total. The molecule has 1 fully saturated rings. The lowest BCUT2D eigenvalue weighted by Gasteiger charge is -2.35. The first-order valence-electron chi connectivity index (χ1n) is 7.64. The summed E-state index contributed by atoms with van der Waals surface area (Å²) in [5, 5.41) is 10.4. The third-order valence-corrected chi connectivity index (χ3v) is 4.31. The molecule has 0 aromatic carbocycles. The summed E-state index contributed by atoms with van der Waals surface area (Å²) in [5.74, 6) is -0.0948. The molecule has 1 aliphatic rings. The van der Waals surface area contributed by atoms with Crippen molar-refractivity contribution in [3.63, 3.8) is 0 Å². The molecule has 1 heterocycles. The molecule has 1 saturated carbocycles. The van der Waals surface area contributed by atoms with Gasteiger partial charge in [0.05, 0.1) is 12.1 Å². The van der Waals surface area contributed by atoms with Crippen molar-refractivity contribution >= 4 is 17.5 Å². The highest BCUT2D eigenvalue weighted by molar-refractivity contribution is 6.29. The van der Waals surface area contributed by atoms with Crippen LogP contribution in [0.1, 0.15) is 55.1 Å². The highest BCUT2D eigenvalue weighted by Gasteiger charge is 2.30. The Morgan fingerprint density at radius 3 is 2.81 bits per heavy atom. The van der Waals surface area contributed by atoms with Crippen LogP contribution >= 0.6 is 11.6 Å². The van der Waals surface area contributed by atoms with Crippen LogP contribution in [0.15, 0.2) is 12.1 Å². The van der Waals surface area contributed by atoms with Crippen LogP contribution in [0.4, 0.5) is 0 Å². The minimum absolute atomic E-state index is 0.0948. The van der Waals surface area contributed by atoms with Gasteiger partial charge in [0.25, 0.3) is 5.91 Å². The van der Waals surface area contributed by atoms with Gasteiger partial charge >= 0.3 is 0 Å². The third kappa shape index (κ3) is 3.95. The number of carbonyl (C=O) groups is 1. The Morgan fingerprint density at radius 1 is 1.43 bits per heavy atom. The summed E-state index contributed by atoms with van der Waals surface area (Å²) >= 11 is 6.02. The van der Waals surface area contributed by atoms with Crippen molar-refractivity contribution in [2.75, 3.05) is 7.05 Å². The molecule has 1 aromatic rings. The van der Waals surface area contributed by atoms with Crippen LogP contribution in [0.25, 0.3) is 0 Å². The quantitative estimate of drug-likeness (QED) is 0.870. The molecule has 5 heteroatoms. The monoisotopic (exact) mass is 310 g/mol. The molecule has 1 N–H and O–H groups in total. The summed E-state index contributed by atoms with van der Waals surface area (Å²) in [6.07, 6.45) is 5.03. The molecular weight excluding hydrogens is 288 g/mol. The first-order valence-corrected chi connectivity index (χ1v) is 8.02. The lowest BCUT2D eigenvalue weighted by molar-refractivity contribution is 0.0268. The van der Waals surface area contributed by atoms with Crippen LogP contribution < -0.4 is 0 Å². The molecule has 2 unspecified atom stereocenters. The average molecular weight is 311 g/mol. The van der Waals surface area contributed by atoms with Gasteiger partial charge in [-0.1, -0.05) is 37.8 Å². The van der Waals surface area contributed by atoms with Crippen LogP contribution in [0.2, 0.25) is 5.15 Å². The van der Waals surface area contributed by atoms with E-state index in [1.807, 2.05) is 6.07 Å². The van der Waals surface area contributed by atoms with Crippen LogP contribution in [-0.4, -0.2) is 40.1 Å². The lowest BCUT2D eigenvalue weighted by Crippen LogP contribution is -2.46. The Labute approximate surface area is 131 Å². The zero-order valence-corrected chi connectivity index (χ0v) is 13.4. The maximum absolute atomic E-state index is 12.6. The third-order valence-electron chi connectivity index (χ3n) is 4.11. The summed E-state index contributed by atoms with van der Waals surface area (Å²) in [6.45, 7) is 2.06. The maximum atomic E-state index is 12.6. The maximum Gasteiger partial charge on any atom is 0.254 e. The number of amides is 1. The number of halogens is 1. The van der Waals surface area contributed by atoms with E-state index in [-0.39, 0.29) is 11.9 Å². The van der Waals surface area contributed by atoms with Crippen molar-refractivity contribution in [1.82, 2.24) is 9.88 Å². The van der Waals surface area contributed by atoms with Gasteiger partial charge in [-0.05, 0) is 31.4 Å². The summed E-state index contributed by atoms with van der Waals surface area (Å²) in [5.41, 5.74) is 1.39. The smallest absolute Gasteiger partial charge is 0.254 e. The zero-order valence-electron chi connectivity index (χ0n) is 12.7. The molecule has 2 atom stereocenters. The molecule has 116 valence electrons. The Kier molecular flexibility index (Phi) is 5.59. The van der Waals surface area contributed by atoms with Gasteiger partial charge in [-0.2, -0.15) is 0 Å². The molecule has 0 aliphatic heterocycles. The van der Waals surface area contributed by atoms with Gasteiger partial charge in [0.2, 0.25) is 0 Å². The minimum Gasteiger partial charge on any atom is -0.391 e. The average Bonchev–Trinajstić information content (AvgIpc) is 2.46. The van der Waals surface area contributed by atoms with E-state index in [4.69, 9.17) is 11.6 Å². The fraction of sp³-hybridized carbons (Fsp3) is 0.625. The number of aliphatic hydroxyl groups excluding tert-OH is 1. The number of aryl methyl sites for hydroxylation is 1. The standard InChI is InChI=1S/C16H23ClN2O2/c1-3-6-12-9-11(10-15(17)18-12)16(21)19(2)13-7-4-5-8-14(13)20/h9-10,13-14,20H,3-8H2,1-2H3. The van der Waals surface area contributed by atoms with Crippen LogP contribution in [0.5, 0.6) is 0 Å².